The van der Waals surface area contributed by atoms with Crippen LogP contribution in [0.2, 0.25) is 0 Å². The summed E-state index contributed by atoms with van der Waals surface area (Å²) < 4.78 is 0. The van der Waals surface area contributed by atoms with Crippen LogP contribution in [0.4, 0.5) is 0 Å². The molecule has 0 bridgehead atoms. The van der Waals surface area contributed by atoms with Gasteiger partial charge in [0.1, 0.15) is 12.0 Å². The number of hydrogen-bond acceptors (Lipinski definition) is 6. The number of hydrogen-bond donors (Lipinski definition) is 1. The maximum absolute atomic E-state index is 5.04. The lowest BCUT2D eigenvalue weighted by Crippen LogP contribution is -2.33. The molecule has 10 rings (SSSR count). The van der Waals surface area contributed by atoms with E-state index in [1.165, 1.54) is 16.3 Å². The van der Waals surface area contributed by atoms with E-state index in [1.807, 2.05) is 97.1 Å². The Morgan fingerprint density at radius 2 is 0.845 bits per heavy atom. The molecule has 9 aromatic rings. The van der Waals surface area contributed by atoms with Crippen LogP contribution in [0.15, 0.2) is 216 Å². The normalized spacial score (nSPS) is 13.7. The van der Waals surface area contributed by atoms with Crippen molar-refractivity contribution in [2.75, 3.05) is 0 Å². The van der Waals surface area contributed by atoms with Crippen LogP contribution in [-0.2, 0) is 0 Å². The van der Waals surface area contributed by atoms with Crippen LogP contribution in [-0.4, -0.2) is 26.6 Å². The number of benzene rings is 8. The fourth-order valence-corrected chi connectivity index (χ4v) is 7.39. The van der Waals surface area contributed by atoms with Crippen molar-refractivity contribution in [2.24, 2.45) is 9.98 Å². The zero-order chi connectivity index (χ0) is 38.7. The number of fused-ring (bicyclic) bond motifs is 1. The first kappa shape index (κ1) is 34.6. The first-order chi connectivity index (χ1) is 28.7. The molecule has 0 radical (unpaired) electrons. The molecule has 1 N–H and O–H groups in total. The SMILES string of the molecule is c1ccc(C2=NC(c3ccc(-c4ccc5c(-c6ccc(-c7nc(-c8ccccc8)nc(-c8ccccc8)n7)cc6)cccc5c4)cc3)NC(c3ccccc3)=N2)cc1. The van der Waals surface area contributed by atoms with Gasteiger partial charge in [0, 0.05) is 27.8 Å². The van der Waals surface area contributed by atoms with Crippen molar-refractivity contribution in [1.29, 1.82) is 0 Å². The van der Waals surface area contributed by atoms with E-state index in [1.54, 1.807) is 0 Å². The Morgan fingerprint density at radius 1 is 0.362 bits per heavy atom. The Hall–Kier alpha value is -7.83. The Bertz CT molecular complexity index is 2870. The minimum atomic E-state index is -0.274. The molecule has 0 spiro atoms. The van der Waals surface area contributed by atoms with Gasteiger partial charge in [-0.15, -0.1) is 0 Å². The molecule has 58 heavy (non-hydrogen) atoms. The van der Waals surface area contributed by atoms with E-state index >= 15 is 0 Å². The van der Waals surface area contributed by atoms with E-state index in [2.05, 4.69) is 115 Å². The summed E-state index contributed by atoms with van der Waals surface area (Å²) in [5.74, 6) is 3.46. The fraction of sp³-hybridized carbons (Fsp3) is 0.0192. The third-order valence-corrected chi connectivity index (χ3v) is 10.4. The van der Waals surface area contributed by atoms with Crippen molar-refractivity contribution in [3.63, 3.8) is 0 Å². The van der Waals surface area contributed by atoms with Gasteiger partial charge in [0.05, 0.1) is 0 Å². The quantitative estimate of drug-likeness (QED) is 0.168. The first-order valence-corrected chi connectivity index (χ1v) is 19.4. The van der Waals surface area contributed by atoms with Crippen LogP contribution < -0.4 is 5.32 Å². The van der Waals surface area contributed by atoms with Crippen molar-refractivity contribution in [3.8, 4) is 56.4 Å². The zero-order valence-electron chi connectivity index (χ0n) is 31.4. The Kier molecular flexibility index (Phi) is 9.18. The number of rotatable bonds is 8. The second kappa shape index (κ2) is 15.4. The summed E-state index contributed by atoms with van der Waals surface area (Å²) in [6.07, 6.45) is -0.274. The number of amidine groups is 2. The van der Waals surface area contributed by atoms with Gasteiger partial charge >= 0.3 is 0 Å². The van der Waals surface area contributed by atoms with Crippen molar-refractivity contribution in [2.45, 2.75) is 6.17 Å². The van der Waals surface area contributed by atoms with Crippen molar-refractivity contribution in [3.05, 3.63) is 223 Å². The van der Waals surface area contributed by atoms with Gasteiger partial charge in [-0.1, -0.05) is 200 Å². The largest absolute Gasteiger partial charge is 0.344 e. The predicted molar refractivity (Wildman–Crippen MR) is 236 cm³/mol. The summed E-state index contributed by atoms with van der Waals surface area (Å²) in [6, 6.07) is 70.9. The van der Waals surface area contributed by atoms with Crippen LogP contribution in [0.1, 0.15) is 22.9 Å². The van der Waals surface area contributed by atoms with E-state index in [0.29, 0.717) is 23.3 Å². The van der Waals surface area contributed by atoms with Gasteiger partial charge in [0.2, 0.25) is 0 Å². The van der Waals surface area contributed by atoms with E-state index in [9.17, 15) is 0 Å². The Labute approximate surface area is 337 Å². The first-order valence-electron chi connectivity index (χ1n) is 19.4. The maximum atomic E-state index is 5.04. The average molecular weight is 745 g/mol. The minimum Gasteiger partial charge on any atom is -0.344 e. The second-order valence-electron chi connectivity index (χ2n) is 14.2. The third-order valence-electron chi connectivity index (χ3n) is 10.4. The Balaban J connectivity index is 0.926. The fourth-order valence-electron chi connectivity index (χ4n) is 7.39. The number of nitrogens with one attached hydrogen (secondary N) is 1. The van der Waals surface area contributed by atoms with Gasteiger partial charge in [-0.3, -0.25) is 0 Å². The van der Waals surface area contributed by atoms with E-state index in [-0.39, 0.29) is 6.17 Å². The molecule has 0 saturated carbocycles. The van der Waals surface area contributed by atoms with Crippen molar-refractivity contribution in [1.82, 2.24) is 20.3 Å². The van der Waals surface area contributed by atoms with Gasteiger partial charge in [0.15, 0.2) is 23.3 Å². The number of aliphatic imine (C=N–C) groups is 2. The van der Waals surface area contributed by atoms with Gasteiger partial charge in [-0.05, 0) is 44.7 Å². The van der Waals surface area contributed by atoms with Gasteiger partial charge in [-0.25, -0.2) is 24.9 Å². The highest BCUT2D eigenvalue weighted by Crippen LogP contribution is 2.34. The molecule has 1 atom stereocenters. The highest BCUT2D eigenvalue weighted by atomic mass is 15.2. The summed E-state index contributed by atoms with van der Waals surface area (Å²) in [5.41, 5.74) is 10.5. The molecule has 274 valence electrons. The predicted octanol–water partition coefficient (Wildman–Crippen LogP) is 11.9. The second-order valence-corrected chi connectivity index (χ2v) is 14.2. The molecule has 6 heteroatoms. The third kappa shape index (κ3) is 7.06. The molecule has 8 aromatic carbocycles. The molecular formula is C52H36N6. The van der Waals surface area contributed by atoms with Crippen LogP contribution in [0.3, 0.4) is 0 Å². The lowest BCUT2D eigenvalue weighted by Gasteiger charge is -2.24. The molecule has 6 nitrogen and oxygen atoms in total. The zero-order valence-corrected chi connectivity index (χ0v) is 31.4. The molecule has 0 saturated heterocycles. The smallest absolute Gasteiger partial charge is 0.164 e. The van der Waals surface area contributed by atoms with E-state index < -0.39 is 0 Å². The summed E-state index contributed by atoms with van der Waals surface area (Å²) in [4.78, 5) is 24.6. The standard InChI is InChI=1S/C52H36N6/c1-5-14-37(15-6-1)47-53-48(38-16-7-2-8-17-38)56-51(55-47)41-28-24-35(25-29-41)43-32-33-46-44(34-43)22-13-23-45(46)36-26-30-42(31-27-36)52-57-49(39-18-9-3-10-19-39)54-50(58-52)40-20-11-4-12-21-40/h1-34,51H,(H,53,55,56). The lowest BCUT2D eigenvalue weighted by molar-refractivity contribution is 0.674. The molecule has 1 unspecified atom stereocenters. The molecule has 0 amide bonds. The van der Waals surface area contributed by atoms with Gasteiger partial charge in [-0.2, -0.15) is 0 Å². The maximum Gasteiger partial charge on any atom is 0.164 e. The number of aromatic nitrogens is 3. The highest BCUT2D eigenvalue weighted by molar-refractivity contribution is 6.13. The highest BCUT2D eigenvalue weighted by Gasteiger charge is 2.21. The monoisotopic (exact) mass is 744 g/mol. The van der Waals surface area contributed by atoms with Crippen molar-refractivity contribution >= 4 is 22.4 Å². The van der Waals surface area contributed by atoms with E-state index in [4.69, 9.17) is 24.9 Å². The molecule has 0 aliphatic carbocycles. The molecule has 1 aromatic heterocycles. The lowest BCUT2D eigenvalue weighted by atomic mass is 9.94. The Morgan fingerprint density at radius 3 is 1.43 bits per heavy atom. The van der Waals surface area contributed by atoms with Crippen LogP contribution >= 0.6 is 0 Å². The minimum absolute atomic E-state index is 0.274. The van der Waals surface area contributed by atoms with Gasteiger partial charge < -0.3 is 5.32 Å². The topological polar surface area (TPSA) is 75.4 Å². The van der Waals surface area contributed by atoms with Crippen LogP contribution in [0, 0.1) is 0 Å². The molecule has 0 fully saturated rings. The summed E-state index contributed by atoms with van der Waals surface area (Å²) in [6.45, 7) is 0. The van der Waals surface area contributed by atoms with Crippen molar-refractivity contribution < 1.29 is 0 Å². The van der Waals surface area contributed by atoms with Crippen LogP contribution in [0.5, 0.6) is 0 Å². The molecular weight excluding hydrogens is 709 g/mol. The summed E-state index contributed by atoms with van der Waals surface area (Å²) in [7, 11) is 0. The molecule has 1 aliphatic heterocycles. The van der Waals surface area contributed by atoms with Crippen LogP contribution in [0.25, 0.3) is 67.2 Å². The molecule has 1 aliphatic rings. The molecule has 2 heterocycles. The number of nitrogens with zero attached hydrogens (tertiary/aromatic N) is 5. The van der Waals surface area contributed by atoms with Gasteiger partial charge in [0.25, 0.3) is 0 Å². The summed E-state index contributed by atoms with van der Waals surface area (Å²) in [5, 5.41) is 5.94. The average Bonchev–Trinajstić information content (AvgIpc) is 3.32. The summed E-state index contributed by atoms with van der Waals surface area (Å²) >= 11 is 0. The van der Waals surface area contributed by atoms with E-state index in [0.717, 1.165) is 55.9 Å².